The second kappa shape index (κ2) is 6.90. The van der Waals surface area contributed by atoms with E-state index in [1.54, 1.807) is 10.8 Å². The minimum atomic E-state index is -0.144. The highest BCUT2D eigenvalue weighted by molar-refractivity contribution is 5.31. The van der Waals surface area contributed by atoms with Gasteiger partial charge in [-0.1, -0.05) is 19.1 Å². The lowest BCUT2D eigenvalue weighted by atomic mass is 10.1. The van der Waals surface area contributed by atoms with Gasteiger partial charge in [-0.3, -0.25) is 0 Å². The number of aromatic nitrogens is 2. The van der Waals surface area contributed by atoms with Gasteiger partial charge in [0.15, 0.2) is 0 Å². The zero-order valence-corrected chi connectivity index (χ0v) is 12.4. The zero-order chi connectivity index (χ0) is 14.5. The first kappa shape index (κ1) is 15.1. The fourth-order valence-corrected chi connectivity index (χ4v) is 2.84. The summed E-state index contributed by atoms with van der Waals surface area (Å²) in [5.41, 5.74) is 2.06. The number of aliphatic hydroxyl groups is 1. The molecule has 1 saturated carbocycles. The summed E-state index contributed by atoms with van der Waals surface area (Å²) in [6.07, 6.45) is 4.77. The second-order valence-corrected chi connectivity index (χ2v) is 5.48. The highest BCUT2D eigenvalue weighted by Crippen LogP contribution is 2.25. The molecule has 1 fully saturated rings. The van der Waals surface area contributed by atoms with Crippen molar-refractivity contribution in [3.63, 3.8) is 0 Å². The molecule has 5 heteroatoms. The predicted octanol–water partition coefficient (Wildman–Crippen LogP) is 1.54. The molecule has 20 heavy (non-hydrogen) atoms. The number of aliphatic hydroxyl groups excluding tert-OH is 1. The average molecular weight is 279 g/mol. The van der Waals surface area contributed by atoms with Crippen molar-refractivity contribution in [2.24, 2.45) is 13.0 Å². The van der Waals surface area contributed by atoms with Crippen LogP contribution in [0.15, 0.2) is 12.7 Å². The number of hydrogen-bond acceptors (Lipinski definition) is 4. The number of aryl methyl sites for hydroxylation is 2. The van der Waals surface area contributed by atoms with Gasteiger partial charge in [-0.05, 0) is 25.7 Å². The average Bonchev–Trinajstić information content (AvgIpc) is 2.93. The molecule has 0 radical (unpaired) electrons. The Balaban J connectivity index is 1.92. The Morgan fingerprint density at radius 3 is 3.00 bits per heavy atom. The van der Waals surface area contributed by atoms with E-state index in [0.717, 1.165) is 49.5 Å². The molecule has 0 spiro atoms. The van der Waals surface area contributed by atoms with Gasteiger partial charge in [0, 0.05) is 20.1 Å². The normalized spacial score (nSPS) is 22.1. The number of rotatable bonds is 7. The Kier molecular flexibility index (Phi) is 5.20. The van der Waals surface area contributed by atoms with Crippen molar-refractivity contribution in [3.05, 3.63) is 23.9 Å². The van der Waals surface area contributed by atoms with Crippen molar-refractivity contribution >= 4 is 0 Å². The smallest absolute Gasteiger partial charge is 0.216 e. The van der Waals surface area contributed by atoms with Crippen LogP contribution in [0.4, 0.5) is 0 Å². The third-order valence-corrected chi connectivity index (χ3v) is 3.95. The highest BCUT2D eigenvalue weighted by atomic mass is 16.5. The fraction of sp³-hybridized carbons (Fsp3) is 0.667. The zero-order valence-electron chi connectivity index (χ0n) is 12.4. The first-order chi connectivity index (χ1) is 9.63. The molecule has 1 aliphatic rings. The standard InChI is InChI=1S/C15H25N3O2/c1-4-8-20-15-13(11(2)17-18(15)3)10-16-9-12-6-5-7-14(12)19/h4,12,14,16,19H,1,5-10H2,2-3H3. The van der Waals surface area contributed by atoms with Gasteiger partial charge in [-0.25, -0.2) is 4.68 Å². The molecule has 0 bridgehead atoms. The Labute approximate surface area is 120 Å². The Bertz CT molecular complexity index is 456. The van der Waals surface area contributed by atoms with E-state index in [1.807, 2.05) is 14.0 Å². The van der Waals surface area contributed by atoms with Crippen LogP contribution in [0.2, 0.25) is 0 Å². The highest BCUT2D eigenvalue weighted by Gasteiger charge is 2.24. The first-order valence-electron chi connectivity index (χ1n) is 7.28. The maximum atomic E-state index is 9.82. The molecule has 5 nitrogen and oxygen atoms in total. The number of ether oxygens (including phenoxy) is 1. The van der Waals surface area contributed by atoms with Gasteiger partial charge in [0.05, 0.1) is 17.4 Å². The van der Waals surface area contributed by atoms with Crippen LogP contribution in [0, 0.1) is 12.8 Å². The maximum Gasteiger partial charge on any atom is 0.216 e. The molecule has 2 N–H and O–H groups in total. The lowest BCUT2D eigenvalue weighted by Crippen LogP contribution is -2.27. The fourth-order valence-electron chi connectivity index (χ4n) is 2.84. The molecule has 2 unspecified atom stereocenters. The second-order valence-electron chi connectivity index (χ2n) is 5.48. The number of nitrogens with one attached hydrogen (secondary N) is 1. The van der Waals surface area contributed by atoms with Crippen LogP contribution < -0.4 is 10.1 Å². The topological polar surface area (TPSA) is 59.3 Å². The lowest BCUT2D eigenvalue weighted by molar-refractivity contribution is 0.131. The third-order valence-electron chi connectivity index (χ3n) is 3.95. The van der Waals surface area contributed by atoms with Crippen LogP contribution in [-0.2, 0) is 13.6 Å². The molecule has 0 amide bonds. The van der Waals surface area contributed by atoms with Crippen LogP contribution in [-0.4, -0.2) is 34.1 Å². The van der Waals surface area contributed by atoms with E-state index in [4.69, 9.17) is 4.74 Å². The van der Waals surface area contributed by atoms with Crippen LogP contribution in [0.1, 0.15) is 30.5 Å². The summed E-state index contributed by atoms with van der Waals surface area (Å²) in [5, 5.41) is 17.6. The van der Waals surface area contributed by atoms with Crippen molar-refractivity contribution in [2.75, 3.05) is 13.2 Å². The molecule has 1 aliphatic carbocycles. The maximum absolute atomic E-state index is 9.82. The van der Waals surface area contributed by atoms with E-state index in [1.165, 1.54) is 0 Å². The van der Waals surface area contributed by atoms with Gasteiger partial charge < -0.3 is 15.2 Å². The van der Waals surface area contributed by atoms with E-state index >= 15 is 0 Å². The minimum absolute atomic E-state index is 0.144. The Morgan fingerprint density at radius 2 is 2.35 bits per heavy atom. The first-order valence-corrected chi connectivity index (χ1v) is 7.28. The molecule has 0 aromatic carbocycles. The van der Waals surface area contributed by atoms with Crippen molar-refractivity contribution in [1.29, 1.82) is 0 Å². The molecule has 0 saturated heterocycles. The van der Waals surface area contributed by atoms with Crippen LogP contribution >= 0.6 is 0 Å². The van der Waals surface area contributed by atoms with Crippen LogP contribution in [0.25, 0.3) is 0 Å². The van der Waals surface area contributed by atoms with E-state index in [9.17, 15) is 5.11 Å². The third kappa shape index (κ3) is 3.41. The monoisotopic (exact) mass is 279 g/mol. The van der Waals surface area contributed by atoms with Gasteiger partial charge >= 0.3 is 0 Å². The van der Waals surface area contributed by atoms with Crippen molar-refractivity contribution in [2.45, 2.75) is 38.8 Å². The molecule has 1 aromatic rings. The lowest BCUT2D eigenvalue weighted by Gasteiger charge is -2.15. The molecule has 112 valence electrons. The number of nitrogens with zero attached hydrogens (tertiary/aromatic N) is 2. The summed E-state index contributed by atoms with van der Waals surface area (Å²) in [4.78, 5) is 0. The van der Waals surface area contributed by atoms with Crippen molar-refractivity contribution < 1.29 is 9.84 Å². The molecular weight excluding hydrogens is 254 g/mol. The minimum Gasteiger partial charge on any atom is -0.473 e. The molecule has 2 atom stereocenters. The van der Waals surface area contributed by atoms with Crippen LogP contribution in [0.3, 0.4) is 0 Å². The van der Waals surface area contributed by atoms with E-state index in [2.05, 4.69) is 17.0 Å². The van der Waals surface area contributed by atoms with E-state index in [-0.39, 0.29) is 6.10 Å². The number of hydrogen-bond donors (Lipinski definition) is 2. The van der Waals surface area contributed by atoms with Gasteiger partial charge in [0.1, 0.15) is 6.61 Å². The Morgan fingerprint density at radius 1 is 1.55 bits per heavy atom. The molecular formula is C15H25N3O2. The van der Waals surface area contributed by atoms with E-state index in [0.29, 0.717) is 12.5 Å². The van der Waals surface area contributed by atoms with Gasteiger partial charge in [-0.15, -0.1) is 0 Å². The quantitative estimate of drug-likeness (QED) is 0.743. The Hall–Kier alpha value is -1.33. The summed E-state index contributed by atoms with van der Waals surface area (Å²) in [6, 6.07) is 0. The summed E-state index contributed by atoms with van der Waals surface area (Å²) < 4.78 is 7.44. The summed E-state index contributed by atoms with van der Waals surface area (Å²) in [7, 11) is 1.88. The molecule has 0 aliphatic heterocycles. The summed E-state index contributed by atoms with van der Waals surface area (Å²) in [6.45, 7) is 7.70. The predicted molar refractivity (Wildman–Crippen MR) is 78.7 cm³/mol. The van der Waals surface area contributed by atoms with Crippen LogP contribution in [0.5, 0.6) is 5.88 Å². The van der Waals surface area contributed by atoms with Gasteiger partial charge in [0.2, 0.25) is 5.88 Å². The molecule has 1 heterocycles. The van der Waals surface area contributed by atoms with Gasteiger partial charge in [-0.2, -0.15) is 5.10 Å². The largest absolute Gasteiger partial charge is 0.473 e. The van der Waals surface area contributed by atoms with E-state index < -0.39 is 0 Å². The molecule has 2 rings (SSSR count). The summed E-state index contributed by atoms with van der Waals surface area (Å²) in [5.74, 6) is 1.17. The van der Waals surface area contributed by atoms with Crippen molar-refractivity contribution in [3.8, 4) is 5.88 Å². The van der Waals surface area contributed by atoms with Gasteiger partial charge in [0.25, 0.3) is 0 Å². The van der Waals surface area contributed by atoms with Crippen molar-refractivity contribution in [1.82, 2.24) is 15.1 Å². The summed E-state index contributed by atoms with van der Waals surface area (Å²) >= 11 is 0. The molecule has 1 aromatic heterocycles. The SMILES string of the molecule is C=CCOc1c(CNCC2CCCC2O)c(C)nn1C.